The van der Waals surface area contributed by atoms with Gasteiger partial charge >= 0.3 is 5.97 Å². The molecule has 0 unspecified atom stereocenters. The van der Waals surface area contributed by atoms with Crippen LogP contribution in [0.4, 0.5) is 0 Å². The third-order valence-electron chi connectivity index (χ3n) is 4.28. The lowest BCUT2D eigenvalue weighted by molar-refractivity contribution is 0.0231. The highest BCUT2D eigenvalue weighted by Gasteiger charge is 2.36. The Morgan fingerprint density at radius 2 is 1.68 bits per heavy atom. The van der Waals surface area contributed by atoms with E-state index in [2.05, 4.69) is 4.98 Å². The summed E-state index contributed by atoms with van der Waals surface area (Å²) in [6, 6.07) is 13.6. The molecule has 2 heterocycles. The maximum atomic E-state index is 12.5. The minimum atomic E-state index is -0.633. The molecule has 0 saturated heterocycles. The van der Waals surface area contributed by atoms with Crippen molar-refractivity contribution in [3.8, 4) is 10.6 Å². The van der Waals surface area contributed by atoms with Gasteiger partial charge in [-0.2, -0.15) is 0 Å². The smallest absolute Gasteiger partial charge is 0.352 e. The van der Waals surface area contributed by atoms with Gasteiger partial charge in [0.05, 0.1) is 16.8 Å². The van der Waals surface area contributed by atoms with Crippen molar-refractivity contribution in [2.75, 3.05) is 6.73 Å². The first-order valence-electron chi connectivity index (χ1n) is 8.31. The van der Waals surface area contributed by atoms with Crippen molar-refractivity contribution in [1.82, 2.24) is 9.88 Å². The number of aromatic nitrogens is 1. The van der Waals surface area contributed by atoms with Crippen LogP contribution < -0.4 is 0 Å². The van der Waals surface area contributed by atoms with Gasteiger partial charge in [-0.25, -0.2) is 14.7 Å². The lowest BCUT2D eigenvalue weighted by Gasteiger charge is -2.13. The van der Waals surface area contributed by atoms with Crippen molar-refractivity contribution >= 4 is 40.7 Å². The highest BCUT2D eigenvalue weighted by molar-refractivity contribution is 7.17. The molecular weight excluding hydrogens is 400 g/mol. The van der Waals surface area contributed by atoms with E-state index in [1.165, 1.54) is 11.3 Å². The molecule has 0 fully saturated rings. The van der Waals surface area contributed by atoms with Gasteiger partial charge < -0.3 is 4.74 Å². The second-order valence-corrected chi connectivity index (χ2v) is 7.52. The molecule has 0 spiro atoms. The number of carbonyl (C=O) groups excluding carboxylic acids is 3. The van der Waals surface area contributed by atoms with Crippen LogP contribution in [-0.4, -0.2) is 34.4 Å². The molecule has 1 aliphatic rings. The number of rotatable bonds is 4. The lowest BCUT2D eigenvalue weighted by Crippen LogP contribution is -2.33. The summed E-state index contributed by atoms with van der Waals surface area (Å²) >= 11 is 7.08. The molecular formula is C20H13ClN2O4S. The number of aryl methyl sites for hydroxylation is 1. The van der Waals surface area contributed by atoms with Crippen molar-refractivity contribution in [3.63, 3.8) is 0 Å². The van der Waals surface area contributed by atoms with Gasteiger partial charge in [-0.3, -0.25) is 9.59 Å². The van der Waals surface area contributed by atoms with Crippen LogP contribution in [0.25, 0.3) is 10.6 Å². The Morgan fingerprint density at radius 1 is 1.07 bits per heavy atom. The minimum Gasteiger partial charge on any atom is -0.439 e. The normalized spacial score (nSPS) is 13.0. The minimum absolute atomic E-state index is 0.308. The summed E-state index contributed by atoms with van der Waals surface area (Å²) in [5.41, 5.74) is 1.96. The Bertz CT molecular complexity index is 1070. The van der Waals surface area contributed by atoms with Gasteiger partial charge in [-0.05, 0) is 31.2 Å². The Labute approximate surface area is 169 Å². The molecule has 6 nitrogen and oxygen atoms in total. The Hall–Kier alpha value is -3.03. The molecule has 0 radical (unpaired) electrons. The summed E-state index contributed by atoms with van der Waals surface area (Å²) in [7, 11) is 0. The van der Waals surface area contributed by atoms with Gasteiger partial charge in [0.25, 0.3) is 11.8 Å². The van der Waals surface area contributed by atoms with Crippen LogP contribution in [0.1, 0.15) is 36.1 Å². The van der Waals surface area contributed by atoms with E-state index in [4.69, 9.17) is 16.3 Å². The fourth-order valence-corrected chi connectivity index (χ4v) is 3.94. The molecule has 0 aliphatic carbocycles. The number of thiazole rings is 1. The first kappa shape index (κ1) is 18.3. The van der Waals surface area contributed by atoms with E-state index in [0.29, 0.717) is 31.7 Å². The Balaban J connectivity index is 1.49. The number of halogens is 1. The van der Waals surface area contributed by atoms with Crippen LogP contribution >= 0.6 is 22.9 Å². The highest BCUT2D eigenvalue weighted by Crippen LogP contribution is 2.29. The van der Waals surface area contributed by atoms with E-state index in [9.17, 15) is 14.4 Å². The molecule has 140 valence electrons. The van der Waals surface area contributed by atoms with Crippen LogP contribution in [0, 0.1) is 6.92 Å². The number of benzene rings is 2. The van der Waals surface area contributed by atoms with E-state index in [0.717, 1.165) is 10.5 Å². The maximum Gasteiger partial charge on any atom is 0.352 e. The monoisotopic (exact) mass is 412 g/mol. The quantitative estimate of drug-likeness (QED) is 0.474. The molecule has 8 heteroatoms. The van der Waals surface area contributed by atoms with Gasteiger partial charge in [0.15, 0.2) is 6.73 Å². The average molecular weight is 413 g/mol. The Morgan fingerprint density at radius 3 is 2.29 bits per heavy atom. The second-order valence-electron chi connectivity index (χ2n) is 6.09. The van der Waals surface area contributed by atoms with Crippen LogP contribution in [0.2, 0.25) is 5.02 Å². The van der Waals surface area contributed by atoms with E-state index >= 15 is 0 Å². The highest BCUT2D eigenvalue weighted by atomic mass is 35.5. The summed E-state index contributed by atoms with van der Waals surface area (Å²) in [4.78, 5) is 42.8. The number of hydrogen-bond donors (Lipinski definition) is 0. The zero-order valence-corrected chi connectivity index (χ0v) is 16.2. The zero-order valence-electron chi connectivity index (χ0n) is 14.6. The van der Waals surface area contributed by atoms with Crippen LogP contribution in [0.15, 0.2) is 48.5 Å². The summed E-state index contributed by atoms with van der Waals surface area (Å²) in [5, 5.41) is 1.26. The Kier molecular flexibility index (Phi) is 4.70. The van der Waals surface area contributed by atoms with Crippen molar-refractivity contribution in [1.29, 1.82) is 0 Å². The van der Waals surface area contributed by atoms with Crippen molar-refractivity contribution in [2.24, 2.45) is 0 Å². The third kappa shape index (κ3) is 3.19. The number of fused-ring (bicyclic) bond motifs is 1. The zero-order chi connectivity index (χ0) is 19.8. The number of imide groups is 1. The number of esters is 1. The summed E-state index contributed by atoms with van der Waals surface area (Å²) in [6.07, 6.45) is 0. The molecule has 3 aromatic rings. The predicted octanol–water partition coefficient (Wildman–Crippen LogP) is 4.18. The largest absolute Gasteiger partial charge is 0.439 e. The summed E-state index contributed by atoms with van der Waals surface area (Å²) < 4.78 is 5.23. The molecule has 0 saturated carbocycles. The first-order valence-corrected chi connectivity index (χ1v) is 9.51. The van der Waals surface area contributed by atoms with Crippen LogP contribution in [0.5, 0.6) is 0 Å². The molecule has 2 aromatic carbocycles. The average Bonchev–Trinajstić information content (AvgIpc) is 3.20. The fourth-order valence-electron chi connectivity index (χ4n) is 2.85. The van der Waals surface area contributed by atoms with Gasteiger partial charge in [0.1, 0.15) is 9.88 Å². The molecule has 0 atom stereocenters. The number of ether oxygens (including phenoxy) is 1. The lowest BCUT2D eigenvalue weighted by atomic mass is 10.1. The predicted molar refractivity (Wildman–Crippen MR) is 105 cm³/mol. The van der Waals surface area contributed by atoms with Gasteiger partial charge in [0.2, 0.25) is 0 Å². The standard InChI is InChI=1S/C20H13ClN2O4S/c1-11-16(28-17(22-11)12-6-8-13(21)9-7-12)20(26)27-10-23-18(24)14-4-2-3-5-15(14)19(23)25/h2-9H,10H2,1H3. The summed E-state index contributed by atoms with van der Waals surface area (Å²) in [5.74, 6) is -1.58. The van der Waals surface area contributed by atoms with Gasteiger partial charge in [0, 0.05) is 10.6 Å². The molecule has 2 amide bonds. The number of nitrogens with zero attached hydrogens (tertiary/aromatic N) is 2. The van der Waals surface area contributed by atoms with Crippen LogP contribution in [-0.2, 0) is 4.74 Å². The fraction of sp³-hybridized carbons (Fsp3) is 0.100. The summed E-state index contributed by atoms with van der Waals surface area (Å²) in [6.45, 7) is 1.26. The van der Waals surface area contributed by atoms with Gasteiger partial charge in [-0.1, -0.05) is 35.9 Å². The first-order chi connectivity index (χ1) is 13.5. The van der Waals surface area contributed by atoms with E-state index < -0.39 is 24.5 Å². The third-order valence-corrected chi connectivity index (χ3v) is 5.71. The topological polar surface area (TPSA) is 76.6 Å². The van der Waals surface area contributed by atoms with Gasteiger partial charge in [-0.15, -0.1) is 11.3 Å². The molecule has 4 rings (SSSR count). The van der Waals surface area contributed by atoms with Crippen LogP contribution in [0.3, 0.4) is 0 Å². The number of amides is 2. The molecule has 1 aliphatic heterocycles. The molecule has 1 aromatic heterocycles. The molecule has 0 bridgehead atoms. The molecule has 0 N–H and O–H groups in total. The van der Waals surface area contributed by atoms with Crippen molar-refractivity contribution in [3.05, 3.63) is 75.3 Å². The van der Waals surface area contributed by atoms with E-state index in [1.807, 2.05) is 12.1 Å². The second kappa shape index (κ2) is 7.18. The number of hydrogen-bond acceptors (Lipinski definition) is 6. The van der Waals surface area contributed by atoms with Crippen molar-refractivity contribution < 1.29 is 19.1 Å². The van der Waals surface area contributed by atoms with Crippen molar-refractivity contribution in [2.45, 2.75) is 6.92 Å². The molecule has 28 heavy (non-hydrogen) atoms. The maximum absolute atomic E-state index is 12.5. The SMILES string of the molecule is Cc1nc(-c2ccc(Cl)cc2)sc1C(=O)OCN1C(=O)c2ccccc2C1=O. The van der Waals surface area contributed by atoms with E-state index in [-0.39, 0.29) is 0 Å². The van der Waals surface area contributed by atoms with E-state index in [1.54, 1.807) is 43.3 Å². The number of carbonyl (C=O) groups is 3.